The molecule has 1 heterocycles. The summed E-state index contributed by atoms with van der Waals surface area (Å²) in [6.07, 6.45) is 0.572. The van der Waals surface area contributed by atoms with Gasteiger partial charge >= 0.3 is 0 Å². The normalized spacial score (nSPS) is 20.4. The van der Waals surface area contributed by atoms with Crippen LogP contribution in [0.2, 0.25) is 0 Å². The molecule has 126 valence electrons. The van der Waals surface area contributed by atoms with Gasteiger partial charge in [0.05, 0.1) is 5.92 Å². The van der Waals surface area contributed by atoms with Crippen LogP contribution in [0.4, 0.5) is 4.39 Å². The van der Waals surface area contributed by atoms with Crippen molar-refractivity contribution in [1.82, 2.24) is 15.7 Å². The molecule has 7 nitrogen and oxygen atoms in total. The molecule has 1 rings (SSSR count). The molecule has 0 aromatic heterocycles. The van der Waals surface area contributed by atoms with E-state index in [1.807, 2.05) is 6.92 Å². The summed E-state index contributed by atoms with van der Waals surface area (Å²) in [5.74, 6) is -3.25. The van der Waals surface area contributed by atoms with Crippen molar-refractivity contribution >= 4 is 17.7 Å². The van der Waals surface area contributed by atoms with Crippen molar-refractivity contribution < 1.29 is 24.0 Å². The number of hydrogen-bond acceptors (Lipinski definition) is 4. The lowest BCUT2D eigenvalue weighted by Gasteiger charge is -2.29. The maximum Gasteiger partial charge on any atom is 0.278 e. The molecule has 1 aliphatic rings. The molecular weight excluding hydrogens is 293 g/mol. The SMILES string of the molecule is CCCCC(C(=O)N1CCC[C@H]1C(=O)NC)C(F)C(=O)NO. The fraction of sp³-hybridized carbons (Fsp3) is 0.786. The van der Waals surface area contributed by atoms with E-state index in [2.05, 4.69) is 5.32 Å². The molecule has 0 spiro atoms. The number of rotatable bonds is 7. The van der Waals surface area contributed by atoms with E-state index in [1.165, 1.54) is 17.4 Å². The molecule has 3 N–H and O–H groups in total. The summed E-state index contributed by atoms with van der Waals surface area (Å²) in [4.78, 5) is 37.1. The Labute approximate surface area is 129 Å². The van der Waals surface area contributed by atoms with E-state index in [4.69, 9.17) is 5.21 Å². The van der Waals surface area contributed by atoms with Gasteiger partial charge in [-0.15, -0.1) is 0 Å². The second-order valence-corrected chi connectivity index (χ2v) is 5.43. The van der Waals surface area contributed by atoms with Crippen LogP contribution in [0, 0.1) is 5.92 Å². The number of likely N-dealkylation sites (N-methyl/N-ethyl adjacent to an activating group) is 1. The molecule has 22 heavy (non-hydrogen) atoms. The molecule has 2 unspecified atom stereocenters. The Bertz CT molecular complexity index is 419. The molecule has 3 amide bonds. The van der Waals surface area contributed by atoms with Gasteiger partial charge in [0, 0.05) is 13.6 Å². The molecule has 0 saturated carbocycles. The van der Waals surface area contributed by atoms with Gasteiger partial charge in [0.2, 0.25) is 11.8 Å². The van der Waals surface area contributed by atoms with Gasteiger partial charge in [-0.25, -0.2) is 9.87 Å². The zero-order chi connectivity index (χ0) is 16.7. The van der Waals surface area contributed by atoms with Gasteiger partial charge in [-0.2, -0.15) is 0 Å². The van der Waals surface area contributed by atoms with Gasteiger partial charge in [0.15, 0.2) is 6.17 Å². The largest absolute Gasteiger partial charge is 0.357 e. The third-order valence-corrected chi connectivity index (χ3v) is 3.98. The Balaban J connectivity index is 2.90. The van der Waals surface area contributed by atoms with E-state index in [1.54, 1.807) is 0 Å². The average Bonchev–Trinajstić information content (AvgIpc) is 3.02. The summed E-state index contributed by atoms with van der Waals surface area (Å²) in [6, 6.07) is -0.619. The van der Waals surface area contributed by atoms with E-state index in [-0.39, 0.29) is 12.3 Å². The van der Waals surface area contributed by atoms with Crippen molar-refractivity contribution in [3.63, 3.8) is 0 Å². The first kappa shape index (κ1) is 18.3. The van der Waals surface area contributed by atoms with Crippen LogP contribution in [0.15, 0.2) is 0 Å². The van der Waals surface area contributed by atoms with Crippen LogP contribution in [0.25, 0.3) is 0 Å². The zero-order valence-corrected chi connectivity index (χ0v) is 13.0. The molecule has 8 heteroatoms. The first-order chi connectivity index (χ1) is 10.5. The van der Waals surface area contributed by atoms with Gasteiger partial charge in [0.25, 0.3) is 5.91 Å². The minimum absolute atomic E-state index is 0.195. The maximum atomic E-state index is 14.2. The fourth-order valence-electron chi connectivity index (χ4n) is 2.75. The van der Waals surface area contributed by atoms with Gasteiger partial charge in [-0.05, 0) is 19.3 Å². The van der Waals surface area contributed by atoms with Crippen LogP contribution < -0.4 is 10.8 Å². The minimum Gasteiger partial charge on any atom is -0.357 e. The molecule has 1 aliphatic heterocycles. The lowest BCUT2D eigenvalue weighted by atomic mass is 9.94. The number of carbonyl (C=O) groups is 3. The Kier molecular flexibility index (Phi) is 7.23. The summed E-state index contributed by atoms with van der Waals surface area (Å²) in [6.45, 7) is 2.26. The summed E-state index contributed by atoms with van der Waals surface area (Å²) in [5.41, 5.74) is 1.25. The van der Waals surface area contributed by atoms with Gasteiger partial charge in [-0.3, -0.25) is 19.6 Å². The van der Waals surface area contributed by atoms with Gasteiger partial charge in [-0.1, -0.05) is 19.8 Å². The number of carbonyl (C=O) groups excluding carboxylic acids is 3. The fourth-order valence-corrected chi connectivity index (χ4v) is 2.75. The number of amides is 3. The Morgan fingerprint density at radius 3 is 2.64 bits per heavy atom. The molecule has 0 bridgehead atoms. The Morgan fingerprint density at radius 2 is 2.09 bits per heavy atom. The van der Waals surface area contributed by atoms with Crippen molar-refractivity contribution in [2.45, 2.75) is 51.2 Å². The number of nitrogens with zero attached hydrogens (tertiary/aromatic N) is 1. The first-order valence-electron chi connectivity index (χ1n) is 7.58. The minimum atomic E-state index is -2.13. The average molecular weight is 317 g/mol. The third kappa shape index (κ3) is 4.16. The molecule has 0 aromatic carbocycles. The number of alkyl halides is 1. The number of hydroxylamine groups is 1. The molecule has 0 aromatic rings. The van der Waals surface area contributed by atoms with E-state index >= 15 is 0 Å². The van der Waals surface area contributed by atoms with Crippen molar-refractivity contribution in [1.29, 1.82) is 0 Å². The summed E-state index contributed by atoms with van der Waals surface area (Å²) in [5, 5.41) is 11.1. The van der Waals surface area contributed by atoms with E-state index in [9.17, 15) is 18.8 Å². The molecule has 1 saturated heterocycles. The molecule has 3 atom stereocenters. The second-order valence-electron chi connectivity index (χ2n) is 5.43. The monoisotopic (exact) mass is 317 g/mol. The van der Waals surface area contributed by atoms with E-state index < -0.39 is 29.9 Å². The van der Waals surface area contributed by atoms with E-state index in [0.29, 0.717) is 25.8 Å². The Hall–Kier alpha value is -1.70. The third-order valence-electron chi connectivity index (χ3n) is 3.98. The number of likely N-dealkylation sites (tertiary alicyclic amines) is 1. The molecule has 0 aliphatic carbocycles. The Morgan fingerprint density at radius 1 is 1.41 bits per heavy atom. The maximum absolute atomic E-state index is 14.2. The summed E-state index contributed by atoms with van der Waals surface area (Å²) in [7, 11) is 1.48. The van der Waals surface area contributed by atoms with Crippen LogP contribution in [0.3, 0.4) is 0 Å². The number of halogens is 1. The molecular formula is C14H24FN3O4. The highest BCUT2D eigenvalue weighted by molar-refractivity contribution is 5.92. The van der Waals surface area contributed by atoms with Crippen LogP contribution >= 0.6 is 0 Å². The first-order valence-corrected chi connectivity index (χ1v) is 7.58. The number of hydrogen-bond donors (Lipinski definition) is 3. The lowest BCUT2D eigenvalue weighted by Crippen LogP contribution is -2.50. The predicted octanol–water partition coefficient (Wildman–Crippen LogP) is 0.373. The van der Waals surface area contributed by atoms with Crippen molar-refractivity contribution in [3.05, 3.63) is 0 Å². The highest BCUT2D eigenvalue weighted by Crippen LogP contribution is 2.25. The van der Waals surface area contributed by atoms with Crippen molar-refractivity contribution in [2.75, 3.05) is 13.6 Å². The van der Waals surface area contributed by atoms with E-state index in [0.717, 1.165) is 6.42 Å². The van der Waals surface area contributed by atoms with Gasteiger partial charge in [0.1, 0.15) is 6.04 Å². The molecule has 0 radical (unpaired) electrons. The highest BCUT2D eigenvalue weighted by Gasteiger charge is 2.41. The zero-order valence-electron chi connectivity index (χ0n) is 13.0. The predicted molar refractivity (Wildman–Crippen MR) is 76.6 cm³/mol. The standard InChI is InChI=1S/C14H24FN3O4/c1-3-4-6-9(11(15)13(20)17-22)14(21)18-8-5-7-10(18)12(19)16-2/h9-11,22H,3-8H2,1-2H3,(H,16,19)(H,17,20)/t9?,10-,11?/m0/s1. The van der Waals surface area contributed by atoms with Crippen LogP contribution in [-0.2, 0) is 14.4 Å². The lowest BCUT2D eigenvalue weighted by molar-refractivity contribution is -0.148. The smallest absolute Gasteiger partial charge is 0.278 e. The van der Waals surface area contributed by atoms with Crippen LogP contribution in [0.5, 0.6) is 0 Å². The van der Waals surface area contributed by atoms with Crippen LogP contribution in [-0.4, -0.2) is 53.6 Å². The van der Waals surface area contributed by atoms with Gasteiger partial charge < -0.3 is 10.2 Å². The van der Waals surface area contributed by atoms with Crippen LogP contribution in [0.1, 0.15) is 39.0 Å². The van der Waals surface area contributed by atoms with Crippen molar-refractivity contribution in [2.24, 2.45) is 5.92 Å². The summed E-state index contributed by atoms with van der Waals surface area (Å²) < 4.78 is 14.2. The summed E-state index contributed by atoms with van der Waals surface area (Å²) >= 11 is 0. The number of unbranched alkanes of at least 4 members (excludes halogenated alkanes) is 1. The topological polar surface area (TPSA) is 98.7 Å². The molecule has 1 fully saturated rings. The quantitative estimate of drug-likeness (QED) is 0.467. The van der Waals surface area contributed by atoms with Crippen molar-refractivity contribution in [3.8, 4) is 0 Å². The highest BCUT2D eigenvalue weighted by atomic mass is 19.1. The number of nitrogens with one attached hydrogen (secondary N) is 2. The second kappa shape index (κ2) is 8.67.